The summed E-state index contributed by atoms with van der Waals surface area (Å²) in [5.74, 6) is 1.39. The molecule has 1 aliphatic heterocycles. The summed E-state index contributed by atoms with van der Waals surface area (Å²) in [6.45, 7) is 6.92. The predicted octanol–water partition coefficient (Wildman–Crippen LogP) is 1.54. The third-order valence-corrected chi connectivity index (χ3v) is 4.90. The number of aromatic hydroxyl groups is 1. The SMILES string of the molecule is CCNC(=NCCCC(=O)NC1CC1)N1CCN(c2ccccc2O)CC1. The second-order valence-electron chi connectivity index (χ2n) is 7.14. The standard InChI is InChI=1S/C20H31N5O2/c1-2-21-20(22-11-5-8-19(27)23-16-9-10-16)25-14-12-24(13-15-25)17-6-3-4-7-18(17)26/h3-4,6-7,16,26H,2,5,8-15H2,1H3,(H,21,22)(H,23,27). The molecule has 0 aromatic heterocycles. The number of para-hydroxylation sites is 2. The zero-order valence-corrected chi connectivity index (χ0v) is 16.2. The highest BCUT2D eigenvalue weighted by Gasteiger charge is 2.23. The first-order chi connectivity index (χ1) is 13.2. The number of nitrogens with one attached hydrogen (secondary N) is 2. The van der Waals surface area contributed by atoms with Gasteiger partial charge in [-0.3, -0.25) is 9.79 Å². The van der Waals surface area contributed by atoms with Gasteiger partial charge in [-0.25, -0.2) is 0 Å². The van der Waals surface area contributed by atoms with E-state index in [2.05, 4.69) is 27.4 Å². The van der Waals surface area contributed by atoms with Crippen LogP contribution in [0.2, 0.25) is 0 Å². The molecular weight excluding hydrogens is 342 g/mol. The fourth-order valence-corrected chi connectivity index (χ4v) is 3.27. The zero-order valence-electron chi connectivity index (χ0n) is 16.2. The van der Waals surface area contributed by atoms with E-state index in [1.165, 1.54) is 0 Å². The van der Waals surface area contributed by atoms with E-state index < -0.39 is 0 Å². The number of aliphatic imine (C=N–C) groups is 1. The second kappa shape index (κ2) is 9.48. The number of anilines is 1. The molecule has 1 aromatic carbocycles. The maximum atomic E-state index is 11.8. The predicted molar refractivity (Wildman–Crippen MR) is 108 cm³/mol. The minimum Gasteiger partial charge on any atom is -0.506 e. The van der Waals surface area contributed by atoms with Gasteiger partial charge in [0, 0.05) is 51.7 Å². The number of phenols is 1. The molecule has 3 N–H and O–H groups in total. The van der Waals surface area contributed by atoms with Crippen molar-refractivity contribution >= 4 is 17.6 Å². The number of rotatable bonds is 7. The van der Waals surface area contributed by atoms with E-state index in [4.69, 9.17) is 4.99 Å². The van der Waals surface area contributed by atoms with Gasteiger partial charge in [-0.1, -0.05) is 12.1 Å². The summed E-state index contributed by atoms with van der Waals surface area (Å²) in [5.41, 5.74) is 0.890. The fraction of sp³-hybridized carbons (Fsp3) is 0.600. The number of nitrogens with zero attached hydrogens (tertiary/aromatic N) is 3. The van der Waals surface area contributed by atoms with Crippen LogP contribution in [0.15, 0.2) is 29.3 Å². The van der Waals surface area contributed by atoms with Gasteiger partial charge in [0.1, 0.15) is 5.75 Å². The van der Waals surface area contributed by atoms with Crippen LogP contribution in [-0.4, -0.2) is 67.2 Å². The monoisotopic (exact) mass is 373 g/mol. The Labute approximate surface area is 161 Å². The van der Waals surface area contributed by atoms with Crippen LogP contribution < -0.4 is 15.5 Å². The molecule has 0 bridgehead atoms. The van der Waals surface area contributed by atoms with Crippen molar-refractivity contribution in [2.24, 2.45) is 4.99 Å². The highest BCUT2D eigenvalue weighted by molar-refractivity contribution is 5.80. The number of carbonyl (C=O) groups excluding carboxylic acids is 1. The first-order valence-corrected chi connectivity index (χ1v) is 10.0. The summed E-state index contributed by atoms with van der Waals surface area (Å²) < 4.78 is 0. The smallest absolute Gasteiger partial charge is 0.220 e. The third kappa shape index (κ3) is 5.77. The Morgan fingerprint density at radius 3 is 2.63 bits per heavy atom. The van der Waals surface area contributed by atoms with Gasteiger partial charge in [0.25, 0.3) is 0 Å². The van der Waals surface area contributed by atoms with Gasteiger partial charge < -0.3 is 25.5 Å². The van der Waals surface area contributed by atoms with E-state index in [0.717, 1.165) is 63.6 Å². The summed E-state index contributed by atoms with van der Waals surface area (Å²) in [7, 11) is 0. The Morgan fingerprint density at radius 2 is 1.96 bits per heavy atom. The average molecular weight is 374 g/mol. The lowest BCUT2D eigenvalue weighted by Gasteiger charge is -2.37. The average Bonchev–Trinajstić information content (AvgIpc) is 3.49. The Bertz CT molecular complexity index is 652. The maximum absolute atomic E-state index is 11.8. The van der Waals surface area contributed by atoms with E-state index in [0.29, 0.717) is 24.8 Å². The Kier molecular flexibility index (Phi) is 6.79. The van der Waals surface area contributed by atoms with Crippen molar-refractivity contribution in [1.29, 1.82) is 0 Å². The molecule has 7 nitrogen and oxygen atoms in total. The summed E-state index contributed by atoms with van der Waals surface area (Å²) in [6, 6.07) is 7.91. The minimum atomic E-state index is 0.147. The van der Waals surface area contributed by atoms with Gasteiger partial charge in [0.2, 0.25) is 5.91 Å². The van der Waals surface area contributed by atoms with E-state index in [9.17, 15) is 9.90 Å². The number of hydrogen-bond donors (Lipinski definition) is 3. The molecule has 1 heterocycles. The largest absolute Gasteiger partial charge is 0.506 e. The lowest BCUT2D eigenvalue weighted by Crippen LogP contribution is -2.52. The fourth-order valence-electron chi connectivity index (χ4n) is 3.27. The van der Waals surface area contributed by atoms with E-state index in [1.807, 2.05) is 18.2 Å². The van der Waals surface area contributed by atoms with Crippen molar-refractivity contribution in [3.63, 3.8) is 0 Å². The van der Waals surface area contributed by atoms with Crippen LogP contribution in [0.4, 0.5) is 5.69 Å². The molecule has 0 unspecified atom stereocenters. The van der Waals surface area contributed by atoms with Crippen LogP contribution in [0.1, 0.15) is 32.6 Å². The van der Waals surface area contributed by atoms with Crippen molar-refractivity contribution < 1.29 is 9.90 Å². The van der Waals surface area contributed by atoms with Crippen molar-refractivity contribution in [3.05, 3.63) is 24.3 Å². The molecule has 1 aromatic rings. The maximum Gasteiger partial charge on any atom is 0.220 e. The van der Waals surface area contributed by atoms with Crippen LogP contribution >= 0.6 is 0 Å². The first-order valence-electron chi connectivity index (χ1n) is 10.0. The molecule has 3 rings (SSSR count). The van der Waals surface area contributed by atoms with Crippen molar-refractivity contribution in [3.8, 4) is 5.75 Å². The van der Waals surface area contributed by atoms with Crippen molar-refractivity contribution in [2.75, 3.05) is 44.2 Å². The van der Waals surface area contributed by atoms with Crippen LogP contribution in [-0.2, 0) is 4.79 Å². The molecule has 2 aliphatic rings. The first kappa shape index (κ1) is 19.3. The number of benzene rings is 1. The molecule has 2 fully saturated rings. The van der Waals surface area contributed by atoms with Crippen molar-refractivity contribution in [1.82, 2.24) is 15.5 Å². The van der Waals surface area contributed by atoms with E-state index in [1.54, 1.807) is 6.07 Å². The molecule has 148 valence electrons. The quantitative estimate of drug-likeness (QED) is 0.384. The third-order valence-electron chi connectivity index (χ3n) is 4.90. The van der Waals surface area contributed by atoms with Gasteiger partial charge in [-0.15, -0.1) is 0 Å². The highest BCUT2D eigenvalue weighted by atomic mass is 16.3. The van der Waals surface area contributed by atoms with Gasteiger partial charge in [-0.05, 0) is 38.3 Å². The second-order valence-corrected chi connectivity index (χ2v) is 7.14. The molecule has 1 saturated carbocycles. The Morgan fingerprint density at radius 1 is 1.22 bits per heavy atom. The summed E-state index contributed by atoms with van der Waals surface area (Å²) in [6.07, 6.45) is 3.56. The summed E-state index contributed by atoms with van der Waals surface area (Å²) >= 11 is 0. The molecule has 0 atom stereocenters. The molecule has 1 amide bonds. The number of guanidine groups is 1. The number of amides is 1. The van der Waals surface area contributed by atoms with E-state index >= 15 is 0 Å². The highest BCUT2D eigenvalue weighted by Crippen LogP contribution is 2.27. The molecule has 1 saturated heterocycles. The molecular formula is C20H31N5O2. The van der Waals surface area contributed by atoms with Gasteiger partial charge in [0.05, 0.1) is 5.69 Å². The van der Waals surface area contributed by atoms with Gasteiger partial charge in [-0.2, -0.15) is 0 Å². The normalized spacial score (nSPS) is 17.7. The summed E-state index contributed by atoms with van der Waals surface area (Å²) in [4.78, 5) is 20.9. The number of phenolic OH excluding ortho intramolecular Hbond substituents is 1. The Hall–Kier alpha value is -2.44. The van der Waals surface area contributed by atoms with Crippen LogP contribution in [0.25, 0.3) is 0 Å². The van der Waals surface area contributed by atoms with Crippen LogP contribution in [0.5, 0.6) is 5.75 Å². The lowest BCUT2D eigenvalue weighted by molar-refractivity contribution is -0.121. The Balaban J connectivity index is 1.46. The number of piperazine rings is 1. The van der Waals surface area contributed by atoms with Gasteiger partial charge in [0.15, 0.2) is 5.96 Å². The summed E-state index contributed by atoms with van der Waals surface area (Å²) in [5, 5.41) is 16.4. The van der Waals surface area contributed by atoms with Crippen molar-refractivity contribution in [2.45, 2.75) is 38.6 Å². The molecule has 0 radical (unpaired) electrons. The van der Waals surface area contributed by atoms with Crippen LogP contribution in [0.3, 0.4) is 0 Å². The number of carbonyl (C=O) groups is 1. The topological polar surface area (TPSA) is 80.2 Å². The molecule has 1 aliphatic carbocycles. The van der Waals surface area contributed by atoms with Gasteiger partial charge >= 0.3 is 0 Å². The number of hydrogen-bond acceptors (Lipinski definition) is 4. The van der Waals surface area contributed by atoms with E-state index in [-0.39, 0.29) is 5.91 Å². The molecule has 27 heavy (non-hydrogen) atoms. The lowest BCUT2D eigenvalue weighted by atomic mass is 10.2. The molecule has 0 spiro atoms. The molecule has 7 heteroatoms. The van der Waals surface area contributed by atoms with Crippen LogP contribution in [0, 0.1) is 0 Å². The minimum absolute atomic E-state index is 0.147. The zero-order chi connectivity index (χ0) is 19.1.